The molecule has 3 heterocycles. The van der Waals surface area contributed by atoms with Crippen LogP contribution in [0.3, 0.4) is 0 Å². The van der Waals surface area contributed by atoms with E-state index in [0.29, 0.717) is 46.5 Å². The first kappa shape index (κ1) is 21.0. The fourth-order valence-corrected chi connectivity index (χ4v) is 3.96. The SMILES string of the molecule is COc1cc(NC(=O)[C@@H]2CCCN(c3nc(Cl)nc4nc[nH]c34)C2)cc(OC)c1OC. The molecule has 1 fully saturated rings. The second kappa shape index (κ2) is 8.84. The number of aromatic amines is 1. The van der Waals surface area contributed by atoms with E-state index in [2.05, 4.69) is 25.3 Å². The lowest BCUT2D eigenvalue weighted by Gasteiger charge is -2.33. The molecule has 1 amide bonds. The average Bonchev–Trinajstić information content (AvgIpc) is 3.26. The van der Waals surface area contributed by atoms with E-state index in [1.54, 1.807) is 18.5 Å². The lowest BCUT2D eigenvalue weighted by Crippen LogP contribution is -2.41. The van der Waals surface area contributed by atoms with Gasteiger partial charge in [0, 0.05) is 30.9 Å². The molecule has 0 radical (unpaired) electrons. The number of piperidine rings is 1. The highest BCUT2D eigenvalue weighted by atomic mass is 35.5. The van der Waals surface area contributed by atoms with Gasteiger partial charge in [0.1, 0.15) is 5.52 Å². The number of aromatic nitrogens is 4. The summed E-state index contributed by atoms with van der Waals surface area (Å²) in [5.41, 5.74) is 1.77. The Hall–Kier alpha value is -3.27. The topological polar surface area (TPSA) is 114 Å². The number of ether oxygens (including phenoxy) is 3. The number of carbonyl (C=O) groups excluding carboxylic acids is 1. The molecule has 31 heavy (non-hydrogen) atoms. The number of benzene rings is 1. The van der Waals surface area contributed by atoms with E-state index in [4.69, 9.17) is 25.8 Å². The van der Waals surface area contributed by atoms with E-state index >= 15 is 0 Å². The minimum Gasteiger partial charge on any atom is -0.493 e. The Kier molecular flexibility index (Phi) is 5.99. The number of rotatable bonds is 6. The number of anilines is 2. The molecule has 10 nitrogen and oxygen atoms in total. The maximum atomic E-state index is 13.0. The Balaban J connectivity index is 1.54. The van der Waals surface area contributed by atoms with Crippen molar-refractivity contribution in [3.8, 4) is 17.2 Å². The summed E-state index contributed by atoms with van der Waals surface area (Å²) in [6.45, 7) is 1.26. The highest BCUT2D eigenvalue weighted by Gasteiger charge is 2.29. The van der Waals surface area contributed by atoms with Crippen LogP contribution in [-0.2, 0) is 4.79 Å². The van der Waals surface area contributed by atoms with Crippen molar-refractivity contribution in [1.29, 1.82) is 0 Å². The van der Waals surface area contributed by atoms with Crippen molar-refractivity contribution >= 4 is 40.2 Å². The Morgan fingerprint density at radius 2 is 1.94 bits per heavy atom. The Morgan fingerprint density at radius 3 is 2.61 bits per heavy atom. The van der Waals surface area contributed by atoms with Crippen molar-refractivity contribution < 1.29 is 19.0 Å². The average molecular weight is 447 g/mol. The van der Waals surface area contributed by atoms with Gasteiger partial charge in [-0.25, -0.2) is 4.98 Å². The molecule has 0 bridgehead atoms. The van der Waals surface area contributed by atoms with E-state index in [1.165, 1.54) is 21.3 Å². The van der Waals surface area contributed by atoms with E-state index in [1.807, 2.05) is 4.90 Å². The van der Waals surface area contributed by atoms with Crippen molar-refractivity contribution in [3.63, 3.8) is 0 Å². The van der Waals surface area contributed by atoms with Crippen LogP contribution in [0.15, 0.2) is 18.5 Å². The number of halogens is 1. The highest BCUT2D eigenvalue weighted by molar-refractivity contribution is 6.28. The third kappa shape index (κ3) is 4.15. The Bertz CT molecular complexity index is 1080. The zero-order valence-electron chi connectivity index (χ0n) is 17.4. The lowest BCUT2D eigenvalue weighted by atomic mass is 9.97. The zero-order valence-corrected chi connectivity index (χ0v) is 18.2. The molecule has 1 saturated heterocycles. The van der Waals surface area contributed by atoms with Crippen molar-refractivity contribution in [1.82, 2.24) is 19.9 Å². The van der Waals surface area contributed by atoms with Crippen molar-refractivity contribution in [2.75, 3.05) is 44.6 Å². The molecule has 2 N–H and O–H groups in total. The van der Waals surface area contributed by atoms with Crippen LogP contribution in [0.5, 0.6) is 17.2 Å². The highest BCUT2D eigenvalue weighted by Crippen LogP contribution is 2.40. The number of nitrogens with zero attached hydrogens (tertiary/aromatic N) is 4. The van der Waals surface area contributed by atoms with Crippen LogP contribution < -0.4 is 24.4 Å². The van der Waals surface area contributed by atoms with Gasteiger partial charge in [-0.1, -0.05) is 0 Å². The molecule has 0 spiro atoms. The molecule has 1 aliphatic rings. The van der Waals surface area contributed by atoms with Gasteiger partial charge in [0.25, 0.3) is 0 Å². The lowest BCUT2D eigenvalue weighted by molar-refractivity contribution is -0.120. The molecule has 1 atom stereocenters. The Morgan fingerprint density at radius 1 is 1.19 bits per heavy atom. The van der Waals surface area contributed by atoms with Gasteiger partial charge in [-0.2, -0.15) is 9.97 Å². The van der Waals surface area contributed by atoms with Crippen molar-refractivity contribution in [2.45, 2.75) is 12.8 Å². The van der Waals surface area contributed by atoms with Gasteiger partial charge in [-0.05, 0) is 24.4 Å². The number of fused-ring (bicyclic) bond motifs is 1. The molecule has 0 saturated carbocycles. The molecule has 164 valence electrons. The third-order valence-electron chi connectivity index (χ3n) is 5.26. The number of amides is 1. The summed E-state index contributed by atoms with van der Waals surface area (Å²) in [7, 11) is 4.60. The largest absolute Gasteiger partial charge is 0.493 e. The van der Waals surface area contributed by atoms with E-state index < -0.39 is 0 Å². The second-order valence-electron chi connectivity index (χ2n) is 7.11. The van der Waals surface area contributed by atoms with Crippen LogP contribution in [0.4, 0.5) is 11.5 Å². The van der Waals surface area contributed by atoms with Crippen molar-refractivity contribution in [2.24, 2.45) is 5.92 Å². The minimum atomic E-state index is -0.237. The standard InChI is InChI=1S/C20H23ClN6O4/c1-29-13-7-12(8-14(30-2)16(13)31-3)24-19(28)11-5-4-6-27(9-11)18-15-17(23-10-22-15)25-20(21)26-18/h7-8,10-11H,4-6,9H2,1-3H3,(H,24,28)(H,22,23,25,26)/t11-/m1/s1. The van der Waals surface area contributed by atoms with Crippen LogP contribution in [0.2, 0.25) is 5.28 Å². The Labute approximate surface area is 183 Å². The van der Waals surface area contributed by atoms with Gasteiger partial charge in [0.2, 0.25) is 16.9 Å². The number of methoxy groups -OCH3 is 3. The smallest absolute Gasteiger partial charge is 0.229 e. The molecule has 3 aromatic rings. The van der Waals surface area contributed by atoms with Crippen LogP contribution in [0.1, 0.15) is 12.8 Å². The summed E-state index contributed by atoms with van der Waals surface area (Å²) in [6, 6.07) is 3.41. The number of hydrogen-bond acceptors (Lipinski definition) is 8. The second-order valence-corrected chi connectivity index (χ2v) is 7.44. The summed E-state index contributed by atoms with van der Waals surface area (Å²) in [5, 5.41) is 3.09. The molecule has 0 unspecified atom stereocenters. The molecule has 1 aliphatic heterocycles. The van der Waals surface area contributed by atoms with Gasteiger partial charge < -0.3 is 29.4 Å². The molecule has 1 aromatic carbocycles. The molecule has 4 rings (SSSR count). The first-order chi connectivity index (χ1) is 15.0. The van der Waals surface area contributed by atoms with Crippen LogP contribution >= 0.6 is 11.6 Å². The van der Waals surface area contributed by atoms with Crippen LogP contribution in [0.25, 0.3) is 11.2 Å². The summed E-state index contributed by atoms with van der Waals surface area (Å²) in [6.07, 6.45) is 3.15. The zero-order chi connectivity index (χ0) is 22.0. The van der Waals surface area contributed by atoms with Crippen LogP contribution in [0, 0.1) is 5.92 Å². The monoisotopic (exact) mass is 446 g/mol. The first-order valence-electron chi connectivity index (χ1n) is 9.76. The van der Waals surface area contributed by atoms with Crippen LogP contribution in [-0.4, -0.2) is 60.3 Å². The summed E-state index contributed by atoms with van der Waals surface area (Å²) in [5.74, 6) is 1.73. The summed E-state index contributed by atoms with van der Waals surface area (Å²) < 4.78 is 16.1. The van der Waals surface area contributed by atoms with E-state index in [-0.39, 0.29) is 17.1 Å². The predicted octanol–water partition coefficient (Wildman–Crippen LogP) is 2.89. The van der Waals surface area contributed by atoms with Gasteiger partial charge >= 0.3 is 0 Å². The van der Waals surface area contributed by atoms with Gasteiger partial charge in [0.15, 0.2) is 23.0 Å². The predicted molar refractivity (Wildman–Crippen MR) is 116 cm³/mol. The fraction of sp³-hybridized carbons (Fsp3) is 0.400. The maximum absolute atomic E-state index is 13.0. The molecule has 2 aromatic heterocycles. The first-order valence-corrected chi connectivity index (χ1v) is 10.1. The third-order valence-corrected chi connectivity index (χ3v) is 5.43. The molecule has 0 aliphatic carbocycles. The molecule has 11 heteroatoms. The molecular formula is C20H23ClN6O4. The van der Waals surface area contributed by atoms with Gasteiger partial charge in [-0.3, -0.25) is 4.79 Å². The quantitative estimate of drug-likeness (QED) is 0.555. The normalized spacial score (nSPS) is 16.3. The maximum Gasteiger partial charge on any atom is 0.229 e. The number of hydrogen-bond donors (Lipinski definition) is 2. The number of H-pyrrole nitrogens is 1. The van der Waals surface area contributed by atoms with Gasteiger partial charge in [-0.15, -0.1) is 0 Å². The summed E-state index contributed by atoms with van der Waals surface area (Å²) in [4.78, 5) is 30.8. The number of imidazole rings is 1. The van der Waals surface area contributed by atoms with Gasteiger partial charge in [0.05, 0.1) is 33.6 Å². The minimum absolute atomic E-state index is 0.0972. The van der Waals surface area contributed by atoms with Crippen molar-refractivity contribution in [3.05, 3.63) is 23.7 Å². The van der Waals surface area contributed by atoms with E-state index in [0.717, 1.165) is 19.4 Å². The summed E-state index contributed by atoms with van der Waals surface area (Å²) >= 11 is 6.07. The molecular weight excluding hydrogens is 424 g/mol. The van der Waals surface area contributed by atoms with E-state index in [9.17, 15) is 4.79 Å². The number of carbonyl (C=O) groups is 1. The number of nitrogens with one attached hydrogen (secondary N) is 2. The fourth-order valence-electron chi connectivity index (χ4n) is 3.80.